The number of nitrogens with one attached hydrogen (secondary N) is 2. The van der Waals surface area contributed by atoms with Crippen molar-refractivity contribution in [1.29, 1.82) is 0 Å². The van der Waals surface area contributed by atoms with Gasteiger partial charge in [0.05, 0.1) is 0 Å². The molecule has 1 aromatic heterocycles. The third-order valence-corrected chi connectivity index (χ3v) is 4.49. The molecule has 3 aromatic rings. The highest BCUT2D eigenvalue weighted by Gasteiger charge is 2.16. The molecule has 0 spiro atoms. The smallest absolute Gasteiger partial charge is 0.257 e. The maximum Gasteiger partial charge on any atom is 0.257 e. The normalized spacial score (nSPS) is 10.6. The molecule has 0 unspecified atom stereocenters. The molecule has 0 aliphatic carbocycles. The van der Waals surface area contributed by atoms with Gasteiger partial charge in [0.25, 0.3) is 5.91 Å². The lowest BCUT2D eigenvalue weighted by molar-refractivity contribution is 0.0946. The Balaban J connectivity index is 1.46. The second-order valence-electron chi connectivity index (χ2n) is 5.58. The van der Waals surface area contributed by atoms with Crippen LogP contribution in [0.2, 0.25) is 0 Å². The molecular formula is C18H15F3N4OS. The van der Waals surface area contributed by atoms with Crippen molar-refractivity contribution in [3.8, 4) is 0 Å². The lowest BCUT2D eigenvalue weighted by Gasteiger charge is -2.07. The van der Waals surface area contributed by atoms with Crippen molar-refractivity contribution in [2.24, 2.45) is 0 Å². The molecule has 2 N–H and O–H groups in total. The average molecular weight is 392 g/mol. The van der Waals surface area contributed by atoms with Gasteiger partial charge in [-0.3, -0.25) is 4.79 Å². The van der Waals surface area contributed by atoms with Gasteiger partial charge in [-0.2, -0.15) is 0 Å². The van der Waals surface area contributed by atoms with Gasteiger partial charge in [0.1, 0.15) is 28.0 Å². The number of carbonyl (C=O) groups excluding carboxylic acids is 1. The zero-order valence-corrected chi connectivity index (χ0v) is 14.8. The van der Waals surface area contributed by atoms with E-state index in [9.17, 15) is 18.0 Å². The molecule has 140 valence electrons. The van der Waals surface area contributed by atoms with Crippen molar-refractivity contribution in [2.45, 2.75) is 6.42 Å². The van der Waals surface area contributed by atoms with Gasteiger partial charge in [-0.05, 0) is 29.8 Å². The Morgan fingerprint density at radius 3 is 2.37 bits per heavy atom. The first-order valence-corrected chi connectivity index (χ1v) is 8.87. The molecule has 0 aliphatic rings. The van der Waals surface area contributed by atoms with Gasteiger partial charge in [-0.25, -0.2) is 13.2 Å². The molecule has 0 atom stereocenters. The van der Waals surface area contributed by atoms with Crippen molar-refractivity contribution < 1.29 is 18.0 Å². The average Bonchev–Trinajstić information content (AvgIpc) is 3.08. The fourth-order valence-corrected chi connectivity index (χ4v) is 3.12. The number of carbonyl (C=O) groups is 1. The SMILES string of the molecule is O=C(NCCNc1nnc(Cc2ccc(F)cc2)s1)c1c(F)cccc1F. The van der Waals surface area contributed by atoms with Crippen LogP contribution in [0, 0.1) is 17.5 Å². The van der Waals surface area contributed by atoms with Crippen LogP contribution in [-0.2, 0) is 6.42 Å². The molecule has 2 aromatic carbocycles. The van der Waals surface area contributed by atoms with Crippen LogP contribution in [0.1, 0.15) is 20.9 Å². The number of amides is 1. The van der Waals surface area contributed by atoms with Crippen molar-refractivity contribution >= 4 is 22.4 Å². The number of rotatable bonds is 7. The summed E-state index contributed by atoms with van der Waals surface area (Å²) in [5.41, 5.74) is 0.313. The van der Waals surface area contributed by atoms with Crippen LogP contribution < -0.4 is 10.6 Å². The first kappa shape index (κ1) is 18.8. The number of hydrogen-bond acceptors (Lipinski definition) is 5. The van der Waals surface area contributed by atoms with Gasteiger partial charge in [0.2, 0.25) is 5.13 Å². The van der Waals surface area contributed by atoms with Crippen molar-refractivity contribution in [1.82, 2.24) is 15.5 Å². The second kappa shape index (κ2) is 8.63. The minimum absolute atomic E-state index is 0.152. The lowest BCUT2D eigenvalue weighted by Crippen LogP contribution is -2.30. The summed E-state index contributed by atoms with van der Waals surface area (Å²) >= 11 is 1.33. The molecule has 1 heterocycles. The highest BCUT2D eigenvalue weighted by molar-refractivity contribution is 7.15. The van der Waals surface area contributed by atoms with Crippen LogP contribution in [0.5, 0.6) is 0 Å². The molecule has 0 saturated heterocycles. The van der Waals surface area contributed by atoms with Gasteiger partial charge in [-0.1, -0.05) is 29.5 Å². The molecule has 9 heteroatoms. The van der Waals surface area contributed by atoms with E-state index in [0.717, 1.165) is 22.7 Å². The topological polar surface area (TPSA) is 66.9 Å². The van der Waals surface area contributed by atoms with Crippen LogP contribution in [0.25, 0.3) is 0 Å². The fraction of sp³-hybridized carbons (Fsp3) is 0.167. The molecule has 0 saturated carbocycles. The number of anilines is 1. The Hall–Kier alpha value is -2.94. The molecule has 1 amide bonds. The summed E-state index contributed by atoms with van der Waals surface area (Å²) in [6.45, 7) is 0.465. The number of aromatic nitrogens is 2. The zero-order valence-electron chi connectivity index (χ0n) is 14.0. The first-order valence-electron chi connectivity index (χ1n) is 8.06. The quantitative estimate of drug-likeness (QED) is 0.605. The number of hydrogen-bond donors (Lipinski definition) is 2. The molecule has 0 bridgehead atoms. The summed E-state index contributed by atoms with van der Waals surface area (Å²) in [7, 11) is 0. The van der Waals surface area contributed by atoms with Gasteiger partial charge in [0.15, 0.2) is 0 Å². The highest BCUT2D eigenvalue weighted by Crippen LogP contribution is 2.18. The first-order chi connectivity index (χ1) is 13.0. The van der Waals surface area contributed by atoms with Crippen LogP contribution in [0.4, 0.5) is 18.3 Å². The maximum absolute atomic E-state index is 13.5. The summed E-state index contributed by atoms with van der Waals surface area (Å²) in [6.07, 6.45) is 0.531. The van der Waals surface area contributed by atoms with E-state index in [1.165, 1.54) is 29.5 Å². The molecule has 0 fully saturated rings. The Bertz CT molecular complexity index is 910. The standard InChI is InChI=1S/C18H15F3N4OS/c19-12-6-4-11(5-7-12)10-15-24-25-18(27-15)23-9-8-22-17(26)16-13(20)2-1-3-14(16)21/h1-7H,8-10H2,(H,22,26)(H,23,25). The molecule has 27 heavy (non-hydrogen) atoms. The van der Waals surface area contributed by atoms with E-state index in [2.05, 4.69) is 20.8 Å². The lowest BCUT2D eigenvalue weighted by atomic mass is 10.2. The number of halogens is 3. The Labute approximate surface area is 157 Å². The fourth-order valence-electron chi connectivity index (χ4n) is 2.32. The second-order valence-corrected chi connectivity index (χ2v) is 6.65. The zero-order chi connectivity index (χ0) is 19.2. The Morgan fingerprint density at radius 2 is 1.67 bits per heavy atom. The summed E-state index contributed by atoms with van der Waals surface area (Å²) in [6, 6.07) is 9.39. The van der Waals surface area contributed by atoms with Gasteiger partial charge >= 0.3 is 0 Å². The van der Waals surface area contributed by atoms with E-state index in [1.807, 2.05) is 0 Å². The summed E-state index contributed by atoms with van der Waals surface area (Å²) < 4.78 is 40.0. The number of nitrogens with zero attached hydrogens (tertiary/aromatic N) is 2. The summed E-state index contributed by atoms with van der Waals surface area (Å²) in [4.78, 5) is 11.9. The van der Waals surface area contributed by atoms with Gasteiger partial charge < -0.3 is 10.6 Å². The summed E-state index contributed by atoms with van der Waals surface area (Å²) in [5, 5.41) is 14.8. The minimum Gasteiger partial charge on any atom is -0.358 e. The van der Waals surface area contributed by atoms with Crippen LogP contribution in [0.15, 0.2) is 42.5 Å². The van der Waals surface area contributed by atoms with Crippen LogP contribution in [-0.4, -0.2) is 29.2 Å². The van der Waals surface area contributed by atoms with Crippen LogP contribution >= 0.6 is 11.3 Å². The van der Waals surface area contributed by atoms with Gasteiger partial charge in [-0.15, -0.1) is 10.2 Å². The summed E-state index contributed by atoms with van der Waals surface area (Å²) in [5.74, 6) is -2.93. The minimum atomic E-state index is -0.907. The maximum atomic E-state index is 13.5. The Morgan fingerprint density at radius 1 is 0.963 bits per heavy atom. The predicted octanol–water partition coefficient (Wildman–Crippen LogP) is 3.39. The van der Waals surface area contributed by atoms with Crippen molar-refractivity contribution in [2.75, 3.05) is 18.4 Å². The molecule has 0 radical (unpaired) electrons. The van der Waals surface area contributed by atoms with Crippen LogP contribution in [0.3, 0.4) is 0 Å². The van der Waals surface area contributed by atoms with Gasteiger partial charge in [0, 0.05) is 19.5 Å². The molecule has 3 rings (SSSR count). The highest BCUT2D eigenvalue weighted by atomic mass is 32.1. The predicted molar refractivity (Wildman–Crippen MR) is 96.3 cm³/mol. The van der Waals surface area contributed by atoms with E-state index in [4.69, 9.17) is 0 Å². The molecule has 0 aliphatic heterocycles. The van der Waals surface area contributed by atoms with E-state index in [0.29, 0.717) is 18.1 Å². The largest absolute Gasteiger partial charge is 0.358 e. The van der Waals surface area contributed by atoms with E-state index >= 15 is 0 Å². The third kappa shape index (κ3) is 5.04. The van der Waals surface area contributed by atoms with Crippen molar-refractivity contribution in [3.05, 3.63) is 76.1 Å². The number of benzene rings is 2. The monoisotopic (exact) mass is 392 g/mol. The van der Waals surface area contributed by atoms with E-state index in [1.54, 1.807) is 12.1 Å². The van der Waals surface area contributed by atoms with Crippen molar-refractivity contribution in [3.63, 3.8) is 0 Å². The Kier molecular flexibility index (Phi) is 6.02. The van der Waals surface area contributed by atoms with E-state index in [-0.39, 0.29) is 12.4 Å². The third-order valence-electron chi connectivity index (χ3n) is 3.61. The van der Waals surface area contributed by atoms with E-state index < -0.39 is 23.1 Å². The molecular weight excluding hydrogens is 377 g/mol. The molecule has 5 nitrogen and oxygen atoms in total.